The highest BCUT2D eigenvalue weighted by Crippen LogP contribution is 2.22. The average Bonchev–Trinajstić information content (AvgIpc) is 2.92. The summed E-state index contributed by atoms with van der Waals surface area (Å²) in [6.07, 6.45) is 3.45. The third-order valence-corrected chi connectivity index (χ3v) is 4.53. The van der Waals surface area contributed by atoms with Crippen molar-refractivity contribution >= 4 is 23.3 Å². The number of aromatic nitrogens is 1. The van der Waals surface area contributed by atoms with E-state index in [0.717, 1.165) is 25.9 Å². The number of hydrogen-bond acceptors (Lipinski definition) is 5. The fraction of sp³-hybridized carbons (Fsp3) is 0.588. The van der Waals surface area contributed by atoms with Crippen LogP contribution in [0, 0.1) is 0 Å². The van der Waals surface area contributed by atoms with Crippen LogP contribution in [0.5, 0.6) is 0 Å². The molecule has 3 rings (SSSR count). The standard InChI is InChI=1S/C17H24N4O3/c1-12-3-4-14(24-12)17(23)19-13-5-7-18-15(11-13)21-10-9-20(2)8-6-16(21)22/h5,7,11-12,14H,3-4,6,8-10H2,1-2H3,(H,18,19,23). The highest BCUT2D eigenvalue weighted by Gasteiger charge is 2.28. The van der Waals surface area contributed by atoms with Gasteiger partial charge in [0.15, 0.2) is 0 Å². The molecule has 2 amide bonds. The number of carbonyl (C=O) groups is 2. The number of likely N-dealkylation sites (N-methyl/N-ethyl adjacent to an activating group) is 1. The second kappa shape index (κ2) is 7.27. The van der Waals surface area contributed by atoms with E-state index in [4.69, 9.17) is 4.74 Å². The first-order valence-electron chi connectivity index (χ1n) is 8.44. The van der Waals surface area contributed by atoms with Crippen molar-refractivity contribution in [2.24, 2.45) is 0 Å². The summed E-state index contributed by atoms with van der Waals surface area (Å²) in [5.74, 6) is 0.496. The average molecular weight is 332 g/mol. The second-order valence-corrected chi connectivity index (χ2v) is 6.50. The van der Waals surface area contributed by atoms with Crippen molar-refractivity contribution in [3.8, 4) is 0 Å². The molecule has 7 nitrogen and oxygen atoms in total. The lowest BCUT2D eigenvalue weighted by molar-refractivity contribution is -0.126. The van der Waals surface area contributed by atoms with Gasteiger partial charge in [-0.15, -0.1) is 0 Å². The number of anilines is 2. The predicted molar refractivity (Wildman–Crippen MR) is 90.9 cm³/mol. The summed E-state index contributed by atoms with van der Waals surface area (Å²) in [5.41, 5.74) is 0.638. The number of carbonyl (C=O) groups excluding carboxylic acids is 2. The molecule has 2 aliphatic rings. The summed E-state index contributed by atoms with van der Waals surface area (Å²) in [7, 11) is 2.00. The molecule has 2 unspecified atom stereocenters. The Morgan fingerprint density at radius 2 is 2.17 bits per heavy atom. The van der Waals surface area contributed by atoms with E-state index in [-0.39, 0.29) is 17.9 Å². The zero-order chi connectivity index (χ0) is 17.1. The quantitative estimate of drug-likeness (QED) is 0.902. The van der Waals surface area contributed by atoms with Crippen molar-refractivity contribution in [3.63, 3.8) is 0 Å². The van der Waals surface area contributed by atoms with Crippen molar-refractivity contribution in [2.45, 2.75) is 38.4 Å². The Morgan fingerprint density at radius 1 is 1.33 bits per heavy atom. The van der Waals surface area contributed by atoms with Gasteiger partial charge in [0, 0.05) is 44.0 Å². The van der Waals surface area contributed by atoms with Crippen molar-refractivity contribution in [2.75, 3.05) is 36.9 Å². The molecule has 0 aliphatic carbocycles. The Balaban J connectivity index is 1.69. The third-order valence-electron chi connectivity index (χ3n) is 4.53. The monoisotopic (exact) mass is 332 g/mol. The smallest absolute Gasteiger partial charge is 0.253 e. The number of ether oxygens (including phenoxy) is 1. The van der Waals surface area contributed by atoms with Crippen molar-refractivity contribution in [3.05, 3.63) is 18.3 Å². The fourth-order valence-corrected chi connectivity index (χ4v) is 3.03. The summed E-state index contributed by atoms with van der Waals surface area (Å²) in [5, 5.41) is 2.87. The Bertz CT molecular complexity index is 622. The van der Waals surface area contributed by atoms with E-state index in [0.29, 0.717) is 24.5 Å². The van der Waals surface area contributed by atoms with Gasteiger partial charge in [0.2, 0.25) is 5.91 Å². The lowest BCUT2D eigenvalue weighted by Gasteiger charge is -2.20. The minimum absolute atomic E-state index is 0.0586. The number of nitrogens with zero attached hydrogens (tertiary/aromatic N) is 3. The Kier molecular flexibility index (Phi) is 5.11. The zero-order valence-electron chi connectivity index (χ0n) is 14.2. The van der Waals surface area contributed by atoms with E-state index in [2.05, 4.69) is 15.2 Å². The zero-order valence-corrected chi connectivity index (χ0v) is 14.2. The van der Waals surface area contributed by atoms with Crippen molar-refractivity contribution in [1.82, 2.24) is 9.88 Å². The Labute approximate surface area is 142 Å². The van der Waals surface area contributed by atoms with Crippen LogP contribution >= 0.6 is 0 Å². The molecular weight excluding hydrogens is 308 g/mol. The Hall–Kier alpha value is -1.99. The first-order valence-corrected chi connectivity index (χ1v) is 8.44. The molecule has 0 bridgehead atoms. The van der Waals surface area contributed by atoms with Gasteiger partial charge < -0.3 is 15.0 Å². The molecule has 3 heterocycles. The van der Waals surface area contributed by atoms with Crippen LogP contribution in [0.15, 0.2) is 18.3 Å². The van der Waals surface area contributed by atoms with Crippen molar-refractivity contribution in [1.29, 1.82) is 0 Å². The minimum Gasteiger partial charge on any atom is -0.365 e. The molecular formula is C17H24N4O3. The topological polar surface area (TPSA) is 74.8 Å². The molecule has 2 atom stereocenters. The molecule has 24 heavy (non-hydrogen) atoms. The number of amides is 2. The molecule has 1 aromatic rings. The van der Waals surface area contributed by atoms with Crippen LogP contribution in [0.3, 0.4) is 0 Å². The van der Waals surface area contributed by atoms with Crippen LogP contribution in [-0.4, -0.2) is 60.6 Å². The fourth-order valence-electron chi connectivity index (χ4n) is 3.03. The van der Waals surface area contributed by atoms with Gasteiger partial charge in [-0.2, -0.15) is 0 Å². The molecule has 1 N–H and O–H groups in total. The van der Waals surface area contributed by atoms with Crippen LogP contribution in [0.4, 0.5) is 11.5 Å². The molecule has 0 aromatic carbocycles. The molecule has 2 aliphatic heterocycles. The summed E-state index contributed by atoms with van der Waals surface area (Å²) in [6.45, 7) is 4.13. The van der Waals surface area contributed by atoms with Crippen LogP contribution in [0.2, 0.25) is 0 Å². The van der Waals surface area contributed by atoms with Crippen LogP contribution in [0.25, 0.3) is 0 Å². The van der Waals surface area contributed by atoms with E-state index in [1.165, 1.54) is 0 Å². The minimum atomic E-state index is -0.398. The summed E-state index contributed by atoms with van der Waals surface area (Å²) < 4.78 is 5.59. The molecule has 1 aromatic heterocycles. The largest absolute Gasteiger partial charge is 0.365 e. The molecule has 0 radical (unpaired) electrons. The second-order valence-electron chi connectivity index (χ2n) is 6.50. The maximum atomic E-state index is 12.3. The van der Waals surface area contributed by atoms with Crippen LogP contribution < -0.4 is 10.2 Å². The van der Waals surface area contributed by atoms with E-state index < -0.39 is 6.10 Å². The molecule has 0 saturated carbocycles. The maximum Gasteiger partial charge on any atom is 0.253 e. The maximum absolute atomic E-state index is 12.3. The number of hydrogen-bond donors (Lipinski definition) is 1. The third kappa shape index (κ3) is 3.91. The van der Waals surface area contributed by atoms with Gasteiger partial charge in [0.25, 0.3) is 5.91 Å². The number of nitrogens with one attached hydrogen (secondary N) is 1. The SMILES string of the molecule is CC1CCC(C(=O)Nc2ccnc(N3CCN(C)CCC3=O)c2)O1. The summed E-state index contributed by atoms with van der Waals surface area (Å²) >= 11 is 0. The molecule has 2 saturated heterocycles. The molecule has 7 heteroatoms. The molecule has 130 valence electrons. The van der Waals surface area contributed by atoms with Gasteiger partial charge >= 0.3 is 0 Å². The van der Waals surface area contributed by atoms with E-state index in [9.17, 15) is 9.59 Å². The molecule has 2 fully saturated rings. The number of pyridine rings is 1. The van der Waals surface area contributed by atoms with E-state index in [1.54, 1.807) is 23.2 Å². The van der Waals surface area contributed by atoms with Crippen LogP contribution in [-0.2, 0) is 14.3 Å². The van der Waals surface area contributed by atoms with Gasteiger partial charge in [-0.1, -0.05) is 0 Å². The lowest BCUT2D eigenvalue weighted by atomic mass is 10.2. The molecule has 0 spiro atoms. The highest BCUT2D eigenvalue weighted by molar-refractivity contribution is 5.96. The van der Waals surface area contributed by atoms with Gasteiger partial charge in [0.05, 0.1) is 6.10 Å². The van der Waals surface area contributed by atoms with Crippen LogP contribution in [0.1, 0.15) is 26.2 Å². The first kappa shape index (κ1) is 16.9. The Morgan fingerprint density at radius 3 is 2.92 bits per heavy atom. The van der Waals surface area contributed by atoms with Crippen molar-refractivity contribution < 1.29 is 14.3 Å². The lowest BCUT2D eigenvalue weighted by Crippen LogP contribution is -2.33. The first-order chi connectivity index (χ1) is 11.5. The van der Waals surface area contributed by atoms with E-state index in [1.807, 2.05) is 14.0 Å². The van der Waals surface area contributed by atoms with E-state index >= 15 is 0 Å². The summed E-state index contributed by atoms with van der Waals surface area (Å²) in [4.78, 5) is 32.7. The predicted octanol–water partition coefficient (Wildman–Crippen LogP) is 1.26. The van der Waals surface area contributed by atoms with Gasteiger partial charge in [0.1, 0.15) is 11.9 Å². The highest BCUT2D eigenvalue weighted by atomic mass is 16.5. The van der Waals surface area contributed by atoms with Gasteiger partial charge in [-0.05, 0) is 32.9 Å². The van der Waals surface area contributed by atoms with Gasteiger partial charge in [-0.25, -0.2) is 4.98 Å². The normalized spacial score (nSPS) is 25.6. The number of rotatable bonds is 3. The van der Waals surface area contributed by atoms with Gasteiger partial charge in [-0.3, -0.25) is 14.5 Å². The summed E-state index contributed by atoms with van der Waals surface area (Å²) in [6, 6.07) is 3.48.